The first-order chi connectivity index (χ1) is 14.4. The quantitative estimate of drug-likeness (QED) is 0.508. The van der Waals surface area contributed by atoms with Crippen molar-refractivity contribution in [2.45, 2.75) is 31.8 Å². The van der Waals surface area contributed by atoms with Crippen LogP contribution >= 0.6 is 0 Å². The molecule has 1 saturated heterocycles. The third kappa shape index (κ3) is 3.76. The van der Waals surface area contributed by atoms with Crippen LogP contribution in [0, 0.1) is 0 Å². The number of aryl methyl sites for hydroxylation is 2. The summed E-state index contributed by atoms with van der Waals surface area (Å²) in [5.74, 6) is 0.922. The Morgan fingerprint density at radius 3 is 2.66 bits per heavy atom. The molecule has 5 rings (SSSR count). The van der Waals surface area contributed by atoms with E-state index in [0.717, 1.165) is 42.8 Å². The number of pyridine rings is 1. The van der Waals surface area contributed by atoms with Gasteiger partial charge in [0.2, 0.25) is 0 Å². The molecule has 4 aromatic rings. The summed E-state index contributed by atoms with van der Waals surface area (Å²) in [6.07, 6.45) is 5.19. The molecule has 1 aliphatic heterocycles. The minimum atomic E-state index is 0.0629. The molecule has 0 N–H and O–H groups in total. The van der Waals surface area contributed by atoms with Crippen molar-refractivity contribution in [3.05, 3.63) is 83.8 Å². The van der Waals surface area contributed by atoms with E-state index in [1.807, 2.05) is 23.0 Å². The molecular formula is C23H24N6. The van der Waals surface area contributed by atoms with Gasteiger partial charge in [0.25, 0.3) is 0 Å². The zero-order chi connectivity index (χ0) is 19.5. The molecule has 0 unspecified atom stereocenters. The van der Waals surface area contributed by atoms with Crippen LogP contribution in [0.5, 0.6) is 0 Å². The number of benzene rings is 2. The first-order valence-corrected chi connectivity index (χ1v) is 10.3. The molecule has 2 aromatic carbocycles. The number of rotatable bonds is 6. The number of hydrogen-bond acceptors (Lipinski definition) is 5. The minimum Gasteiger partial charge on any atom is -0.290 e. The Hall–Kier alpha value is -3.12. The van der Waals surface area contributed by atoms with Crippen LogP contribution in [0.2, 0.25) is 0 Å². The van der Waals surface area contributed by atoms with E-state index in [2.05, 4.69) is 73.9 Å². The molecule has 0 radical (unpaired) electrons. The number of hydrogen-bond donors (Lipinski definition) is 0. The second kappa shape index (κ2) is 8.09. The predicted molar refractivity (Wildman–Crippen MR) is 112 cm³/mol. The lowest BCUT2D eigenvalue weighted by Gasteiger charge is -2.27. The van der Waals surface area contributed by atoms with Crippen molar-refractivity contribution in [2.75, 3.05) is 13.1 Å². The Labute approximate surface area is 170 Å². The molecule has 1 aliphatic rings. The number of fused-ring (bicyclic) bond motifs is 1. The maximum atomic E-state index is 4.47. The second-order valence-corrected chi connectivity index (χ2v) is 7.60. The van der Waals surface area contributed by atoms with Crippen LogP contribution < -0.4 is 0 Å². The molecule has 146 valence electrons. The number of aromatic nitrogens is 5. The van der Waals surface area contributed by atoms with Gasteiger partial charge >= 0.3 is 0 Å². The van der Waals surface area contributed by atoms with Gasteiger partial charge in [0, 0.05) is 18.1 Å². The molecule has 0 bridgehead atoms. The zero-order valence-electron chi connectivity index (χ0n) is 16.4. The van der Waals surface area contributed by atoms with Gasteiger partial charge in [0.1, 0.15) is 0 Å². The molecule has 1 fully saturated rings. The summed E-state index contributed by atoms with van der Waals surface area (Å²) in [5.41, 5.74) is 3.53. The molecule has 1 atom stereocenters. The van der Waals surface area contributed by atoms with Gasteiger partial charge in [-0.15, -0.1) is 5.10 Å². The normalized spacial score (nSPS) is 15.7. The summed E-state index contributed by atoms with van der Waals surface area (Å²) in [7, 11) is 0. The third-order valence-electron chi connectivity index (χ3n) is 5.71. The first kappa shape index (κ1) is 17.9. The molecule has 29 heavy (non-hydrogen) atoms. The van der Waals surface area contributed by atoms with Crippen molar-refractivity contribution < 1.29 is 0 Å². The van der Waals surface area contributed by atoms with Crippen molar-refractivity contribution >= 4 is 10.9 Å². The summed E-state index contributed by atoms with van der Waals surface area (Å²) in [4.78, 5) is 6.97. The first-order valence-electron chi connectivity index (χ1n) is 10.3. The maximum absolute atomic E-state index is 4.47. The number of nitrogens with zero attached hydrogens (tertiary/aromatic N) is 6. The van der Waals surface area contributed by atoms with Gasteiger partial charge in [0.15, 0.2) is 5.82 Å². The van der Waals surface area contributed by atoms with Crippen LogP contribution in [0.4, 0.5) is 0 Å². The van der Waals surface area contributed by atoms with Crippen molar-refractivity contribution in [3.8, 4) is 0 Å². The molecule has 0 saturated carbocycles. The van der Waals surface area contributed by atoms with Crippen LogP contribution in [0.15, 0.2) is 66.9 Å². The van der Waals surface area contributed by atoms with Crippen LogP contribution in [0.25, 0.3) is 10.9 Å². The fourth-order valence-corrected chi connectivity index (χ4v) is 4.23. The smallest absolute Gasteiger partial charge is 0.173 e. The van der Waals surface area contributed by atoms with E-state index in [1.165, 1.54) is 24.0 Å². The van der Waals surface area contributed by atoms with Crippen LogP contribution in [-0.2, 0) is 13.0 Å². The highest BCUT2D eigenvalue weighted by Gasteiger charge is 2.29. The standard InChI is InChI=1S/C23H24N6/c1-2-7-18(8-3-1)12-16-29-23(25-26-27-29)22(28-14-4-5-15-28)20-10-11-21-19(17-20)9-6-13-24-21/h1-3,6-11,13,17,22H,4-5,12,14-16H2/t22-/m0/s1. The lowest BCUT2D eigenvalue weighted by molar-refractivity contribution is 0.263. The Morgan fingerprint density at radius 2 is 1.79 bits per heavy atom. The van der Waals surface area contributed by atoms with E-state index in [-0.39, 0.29) is 6.04 Å². The molecule has 6 heteroatoms. The zero-order valence-corrected chi connectivity index (χ0v) is 16.4. The molecule has 6 nitrogen and oxygen atoms in total. The average molecular weight is 384 g/mol. The van der Waals surface area contributed by atoms with E-state index >= 15 is 0 Å². The largest absolute Gasteiger partial charge is 0.290 e. The van der Waals surface area contributed by atoms with E-state index < -0.39 is 0 Å². The highest BCUT2D eigenvalue weighted by Crippen LogP contribution is 2.31. The summed E-state index contributed by atoms with van der Waals surface area (Å²) < 4.78 is 1.98. The molecule has 2 aromatic heterocycles. The lowest BCUT2D eigenvalue weighted by atomic mass is 10.0. The molecular weight excluding hydrogens is 360 g/mol. The minimum absolute atomic E-state index is 0.0629. The Balaban J connectivity index is 1.49. The van der Waals surface area contributed by atoms with Crippen LogP contribution in [0.3, 0.4) is 0 Å². The summed E-state index contributed by atoms with van der Waals surface area (Å²) >= 11 is 0. The van der Waals surface area contributed by atoms with Gasteiger partial charge in [-0.2, -0.15) is 0 Å². The topological polar surface area (TPSA) is 59.7 Å². The van der Waals surface area contributed by atoms with E-state index in [9.17, 15) is 0 Å². The monoisotopic (exact) mass is 384 g/mol. The number of likely N-dealkylation sites (tertiary alicyclic amines) is 1. The predicted octanol–water partition coefficient (Wildman–Crippen LogP) is 3.65. The van der Waals surface area contributed by atoms with Gasteiger partial charge in [-0.05, 0) is 72.1 Å². The van der Waals surface area contributed by atoms with Crippen LogP contribution in [-0.4, -0.2) is 43.2 Å². The third-order valence-corrected chi connectivity index (χ3v) is 5.71. The Morgan fingerprint density at radius 1 is 0.931 bits per heavy atom. The van der Waals surface area contributed by atoms with Crippen LogP contribution in [0.1, 0.15) is 35.8 Å². The summed E-state index contributed by atoms with van der Waals surface area (Å²) in [6.45, 7) is 2.91. The lowest BCUT2D eigenvalue weighted by Crippen LogP contribution is -2.29. The SMILES string of the molecule is c1ccc(CCn2nnnc2[C@H](c2ccc3ncccc3c2)N2CCCC2)cc1. The molecule has 0 aliphatic carbocycles. The highest BCUT2D eigenvalue weighted by molar-refractivity contribution is 5.79. The van der Waals surface area contributed by atoms with E-state index in [0.29, 0.717) is 0 Å². The molecule has 3 heterocycles. The van der Waals surface area contributed by atoms with E-state index in [4.69, 9.17) is 0 Å². The van der Waals surface area contributed by atoms with Gasteiger partial charge < -0.3 is 0 Å². The number of tetrazole rings is 1. The summed E-state index contributed by atoms with van der Waals surface area (Å²) in [5, 5.41) is 14.0. The van der Waals surface area contributed by atoms with Crippen molar-refractivity contribution in [2.24, 2.45) is 0 Å². The van der Waals surface area contributed by atoms with Gasteiger partial charge in [0.05, 0.1) is 11.6 Å². The van der Waals surface area contributed by atoms with Gasteiger partial charge in [-0.3, -0.25) is 9.88 Å². The summed E-state index contributed by atoms with van der Waals surface area (Å²) in [6, 6.07) is 21.2. The van der Waals surface area contributed by atoms with Crippen molar-refractivity contribution in [1.82, 2.24) is 30.1 Å². The highest BCUT2D eigenvalue weighted by atomic mass is 15.5. The maximum Gasteiger partial charge on any atom is 0.173 e. The Bertz CT molecular complexity index is 1080. The molecule has 0 amide bonds. The molecule has 0 spiro atoms. The Kier molecular flexibility index (Phi) is 5.01. The fourth-order valence-electron chi connectivity index (χ4n) is 4.23. The van der Waals surface area contributed by atoms with E-state index in [1.54, 1.807) is 0 Å². The van der Waals surface area contributed by atoms with Gasteiger partial charge in [-0.1, -0.05) is 42.5 Å². The van der Waals surface area contributed by atoms with Crippen molar-refractivity contribution in [3.63, 3.8) is 0 Å². The fraction of sp³-hybridized carbons (Fsp3) is 0.304. The van der Waals surface area contributed by atoms with Crippen molar-refractivity contribution in [1.29, 1.82) is 0 Å². The van der Waals surface area contributed by atoms with Gasteiger partial charge in [-0.25, -0.2) is 4.68 Å². The second-order valence-electron chi connectivity index (χ2n) is 7.60. The average Bonchev–Trinajstić information content (AvgIpc) is 3.46.